The van der Waals surface area contributed by atoms with Crippen LogP contribution >= 0.6 is 0 Å². The molecule has 0 saturated heterocycles. The molecule has 0 amide bonds. The van der Waals surface area contributed by atoms with Crippen molar-refractivity contribution < 1.29 is 8.42 Å². The van der Waals surface area contributed by atoms with E-state index in [1.54, 1.807) is 0 Å². The number of nitrogens with two attached hydrogens (primary N) is 1. The van der Waals surface area contributed by atoms with Gasteiger partial charge in [-0.1, -0.05) is 26.2 Å². The molecule has 5 heteroatoms. The van der Waals surface area contributed by atoms with Crippen molar-refractivity contribution in [2.24, 2.45) is 17.6 Å². The van der Waals surface area contributed by atoms with Gasteiger partial charge in [0.2, 0.25) is 10.0 Å². The van der Waals surface area contributed by atoms with Crippen LogP contribution in [0.3, 0.4) is 0 Å². The van der Waals surface area contributed by atoms with Crippen molar-refractivity contribution in [1.29, 1.82) is 0 Å². The molecule has 0 heterocycles. The fourth-order valence-corrected chi connectivity index (χ4v) is 3.71. The molecule has 3 N–H and O–H groups in total. The predicted molar refractivity (Wildman–Crippen MR) is 71.2 cm³/mol. The first-order chi connectivity index (χ1) is 8.03. The average molecular weight is 262 g/mol. The minimum atomic E-state index is -3.09. The van der Waals surface area contributed by atoms with Crippen molar-refractivity contribution in [2.75, 3.05) is 18.8 Å². The third-order valence-electron chi connectivity index (χ3n) is 3.54. The molecule has 0 radical (unpaired) electrons. The molecule has 0 aromatic carbocycles. The van der Waals surface area contributed by atoms with Gasteiger partial charge < -0.3 is 5.73 Å². The number of hydrogen-bond acceptors (Lipinski definition) is 3. The third-order valence-corrected chi connectivity index (χ3v) is 5.01. The smallest absolute Gasteiger partial charge is 0.211 e. The SMILES string of the molecule is CC1CCCC(CCNS(=O)(=O)CCCN)C1. The van der Waals surface area contributed by atoms with E-state index in [0.717, 1.165) is 12.3 Å². The van der Waals surface area contributed by atoms with Gasteiger partial charge in [-0.05, 0) is 37.6 Å². The molecule has 0 aliphatic heterocycles. The fraction of sp³-hybridized carbons (Fsp3) is 1.00. The third kappa shape index (κ3) is 6.38. The molecule has 1 saturated carbocycles. The van der Waals surface area contributed by atoms with E-state index in [4.69, 9.17) is 5.73 Å². The molecule has 0 aromatic rings. The zero-order chi connectivity index (χ0) is 12.7. The average Bonchev–Trinajstić information content (AvgIpc) is 2.26. The highest BCUT2D eigenvalue weighted by molar-refractivity contribution is 7.89. The summed E-state index contributed by atoms with van der Waals surface area (Å²) in [7, 11) is -3.09. The van der Waals surface area contributed by atoms with Crippen molar-refractivity contribution in [3.05, 3.63) is 0 Å². The van der Waals surface area contributed by atoms with Crippen LogP contribution in [0.5, 0.6) is 0 Å². The Labute approximate surface area is 105 Å². The first-order valence-corrected chi connectivity index (χ1v) is 8.36. The van der Waals surface area contributed by atoms with Crippen molar-refractivity contribution in [2.45, 2.75) is 45.4 Å². The van der Waals surface area contributed by atoms with Gasteiger partial charge in [0.1, 0.15) is 0 Å². The summed E-state index contributed by atoms with van der Waals surface area (Å²) >= 11 is 0. The summed E-state index contributed by atoms with van der Waals surface area (Å²) in [4.78, 5) is 0. The maximum absolute atomic E-state index is 11.5. The van der Waals surface area contributed by atoms with Gasteiger partial charge in [-0.2, -0.15) is 0 Å². The minimum Gasteiger partial charge on any atom is -0.330 e. The Morgan fingerprint density at radius 3 is 2.76 bits per heavy atom. The summed E-state index contributed by atoms with van der Waals surface area (Å²) in [5, 5.41) is 0. The number of hydrogen-bond donors (Lipinski definition) is 2. The largest absolute Gasteiger partial charge is 0.330 e. The van der Waals surface area contributed by atoms with E-state index in [0.29, 0.717) is 25.4 Å². The van der Waals surface area contributed by atoms with E-state index >= 15 is 0 Å². The monoisotopic (exact) mass is 262 g/mol. The lowest BCUT2D eigenvalue weighted by atomic mass is 9.81. The highest BCUT2D eigenvalue weighted by Gasteiger charge is 2.19. The highest BCUT2D eigenvalue weighted by Crippen LogP contribution is 2.30. The van der Waals surface area contributed by atoms with Gasteiger partial charge in [0.25, 0.3) is 0 Å². The van der Waals surface area contributed by atoms with Crippen LogP contribution in [0.2, 0.25) is 0 Å². The molecule has 4 nitrogen and oxygen atoms in total. The Morgan fingerprint density at radius 1 is 1.35 bits per heavy atom. The fourth-order valence-electron chi connectivity index (χ4n) is 2.59. The van der Waals surface area contributed by atoms with Gasteiger partial charge in [-0.15, -0.1) is 0 Å². The Morgan fingerprint density at radius 2 is 2.12 bits per heavy atom. The molecular formula is C12H26N2O2S. The standard InChI is InChI=1S/C12H26N2O2S/c1-11-4-2-5-12(10-11)6-8-14-17(15,16)9-3-7-13/h11-12,14H,2-10,13H2,1H3. The number of sulfonamides is 1. The van der Waals surface area contributed by atoms with Crippen LogP contribution in [-0.4, -0.2) is 27.3 Å². The summed E-state index contributed by atoms with van der Waals surface area (Å²) in [6, 6.07) is 0. The van der Waals surface area contributed by atoms with Crippen LogP contribution < -0.4 is 10.5 Å². The zero-order valence-electron chi connectivity index (χ0n) is 10.8. The lowest BCUT2D eigenvalue weighted by molar-refractivity contribution is 0.271. The molecule has 0 bridgehead atoms. The van der Waals surface area contributed by atoms with Crippen molar-refractivity contribution in [1.82, 2.24) is 4.72 Å². The lowest BCUT2D eigenvalue weighted by Gasteiger charge is -2.26. The highest BCUT2D eigenvalue weighted by atomic mass is 32.2. The Hall–Kier alpha value is -0.130. The topological polar surface area (TPSA) is 72.2 Å². The molecule has 2 unspecified atom stereocenters. The Balaban J connectivity index is 2.18. The zero-order valence-corrected chi connectivity index (χ0v) is 11.6. The molecular weight excluding hydrogens is 236 g/mol. The van der Waals surface area contributed by atoms with E-state index in [1.165, 1.54) is 25.7 Å². The lowest BCUT2D eigenvalue weighted by Crippen LogP contribution is -2.30. The molecule has 102 valence electrons. The van der Waals surface area contributed by atoms with E-state index in [2.05, 4.69) is 11.6 Å². The molecule has 2 atom stereocenters. The first kappa shape index (κ1) is 14.9. The van der Waals surface area contributed by atoms with Gasteiger partial charge in [0.05, 0.1) is 5.75 Å². The maximum atomic E-state index is 11.5. The van der Waals surface area contributed by atoms with Crippen molar-refractivity contribution in [3.8, 4) is 0 Å². The summed E-state index contributed by atoms with van der Waals surface area (Å²) in [6.07, 6.45) is 6.66. The molecule has 1 aliphatic carbocycles. The number of rotatable bonds is 7. The van der Waals surface area contributed by atoms with E-state index in [9.17, 15) is 8.42 Å². The van der Waals surface area contributed by atoms with Crippen molar-refractivity contribution in [3.63, 3.8) is 0 Å². The molecule has 1 fully saturated rings. The van der Waals surface area contributed by atoms with E-state index in [-0.39, 0.29) is 5.75 Å². The molecule has 1 rings (SSSR count). The van der Waals surface area contributed by atoms with Crippen LogP contribution in [0.25, 0.3) is 0 Å². The van der Waals surface area contributed by atoms with Crippen LogP contribution in [0.1, 0.15) is 45.4 Å². The molecule has 17 heavy (non-hydrogen) atoms. The maximum Gasteiger partial charge on any atom is 0.211 e. The van der Waals surface area contributed by atoms with E-state index in [1.807, 2.05) is 0 Å². The molecule has 0 spiro atoms. The summed E-state index contributed by atoms with van der Waals surface area (Å²) < 4.78 is 25.7. The minimum absolute atomic E-state index is 0.157. The van der Waals surface area contributed by atoms with Gasteiger partial charge in [-0.3, -0.25) is 0 Å². The second-order valence-electron chi connectivity index (χ2n) is 5.28. The van der Waals surface area contributed by atoms with Crippen LogP contribution in [0.15, 0.2) is 0 Å². The Bertz CT molecular complexity index is 304. The number of nitrogens with one attached hydrogen (secondary N) is 1. The Kier molecular flexibility index (Phi) is 6.44. The molecule has 0 aromatic heterocycles. The quantitative estimate of drug-likeness (QED) is 0.730. The van der Waals surface area contributed by atoms with Crippen LogP contribution in [0, 0.1) is 11.8 Å². The first-order valence-electron chi connectivity index (χ1n) is 6.71. The van der Waals surface area contributed by atoms with Gasteiger partial charge in [0.15, 0.2) is 0 Å². The summed E-state index contributed by atoms with van der Waals surface area (Å²) in [6.45, 7) is 3.31. The normalized spacial score (nSPS) is 26.0. The van der Waals surface area contributed by atoms with E-state index < -0.39 is 10.0 Å². The van der Waals surface area contributed by atoms with Crippen molar-refractivity contribution >= 4 is 10.0 Å². The second kappa shape index (κ2) is 7.34. The van der Waals surface area contributed by atoms with Crippen LogP contribution in [-0.2, 0) is 10.0 Å². The van der Waals surface area contributed by atoms with Crippen LogP contribution in [0.4, 0.5) is 0 Å². The summed E-state index contributed by atoms with van der Waals surface area (Å²) in [5.74, 6) is 1.67. The second-order valence-corrected chi connectivity index (χ2v) is 7.21. The summed E-state index contributed by atoms with van der Waals surface area (Å²) in [5.41, 5.74) is 5.30. The predicted octanol–water partition coefficient (Wildman–Crippen LogP) is 1.47. The van der Waals surface area contributed by atoms with Gasteiger partial charge in [0, 0.05) is 6.54 Å². The van der Waals surface area contributed by atoms with Gasteiger partial charge >= 0.3 is 0 Å². The molecule has 1 aliphatic rings. The van der Waals surface area contributed by atoms with Gasteiger partial charge in [-0.25, -0.2) is 13.1 Å².